The summed E-state index contributed by atoms with van der Waals surface area (Å²) in [5, 5.41) is 0. The molecule has 3 heteroatoms. The third-order valence-corrected chi connectivity index (χ3v) is 2.10. The molecule has 0 saturated heterocycles. The second-order valence-corrected chi connectivity index (χ2v) is 4.06. The standard InChI is InChI=1S/C13H20O3/c1-6-16-13(15)12(14)8-11(10(4)5)7-9(2)3/h2,6-8H2,1,3-5H3. The van der Waals surface area contributed by atoms with Gasteiger partial charge >= 0.3 is 5.97 Å². The molecule has 0 aliphatic carbocycles. The Morgan fingerprint density at radius 3 is 2.06 bits per heavy atom. The summed E-state index contributed by atoms with van der Waals surface area (Å²) in [6.45, 7) is 11.5. The quantitative estimate of drug-likeness (QED) is 0.396. The van der Waals surface area contributed by atoms with E-state index < -0.39 is 11.8 Å². The Bertz CT molecular complexity index is 320. The van der Waals surface area contributed by atoms with Gasteiger partial charge in [-0.15, -0.1) is 0 Å². The fraction of sp³-hybridized carbons (Fsp3) is 0.538. The first-order valence-electron chi connectivity index (χ1n) is 5.38. The van der Waals surface area contributed by atoms with E-state index in [2.05, 4.69) is 11.3 Å². The van der Waals surface area contributed by atoms with Crippen molar-refractivity contribution in [3.8, 4) is 0 Å². The fourth-order valence-electron chi connectivity index (χ4n) is 1.26. The molecule has 0 aromatic rings. The lowest BCUT2D eigenvalue weighted by Crippen LogP contribution is -2.18. The number of rotatable bonds is 6. The fourth-order valence-corrected chi connectivity index (χ4v) is 1.26. The molecule has 16 heavy (non-hydrogen) atoms. The summed E-state index contributed by atoms with van der Waals surface area (Å²) in [7, 11) is 0. The molecule has 0 aromatic carbocycles. The second kappa shape index (κ2) is 6.99. The number of hydrogen-bond donors (Lipinski definition) is 0. The Morgan fingerprint density at radius 1 is 1.12 bits per heavy atom. The molecule has 0 aliphatic heterocycles. The first kappa shape index (κ1) is 14.6. The average molecular weight is 224 g/mol. The third kappa shape index (κ3) is 5.49. The number of carbonyl (C=O) groups is 2. The lowest BCUT2D eigenvalue weighted by Gasteiger charge is -2.08. The maximum absolute atomic E-state index is 11.5. The number of ketones is 1. The first-order chi connectivity index (χ1) is 7.38. The Balaban J connectivity index is 4.54. The van der Waals surface area contributed by atoms with Crippen molar-refractivity contribution in [1.29, 1.82) is 0 Å². The second-order valence-electron chi connectivity index (χ2n) is 4.06. The van der Waals surface area contributed by atoms with Crippen LogP contribution in [0.15, 0.2) is 23.3 Å². The molecule has 0 bridgehead atoms. The third-order valence-electron chi connectivity index (χ3n) is 2.10. The molecule has 0 radical (unpaired) electrons. The molecule has 0 spiro atoms. The highest BCUT2D eigenvalue weighted by atomic mass is 16.5. The van der Waals surface area contributed by atoms with Gasteiger partial charge < -0.3 is 4.74 Å². The van der Waals surface area contributed by atoms with Crippen molar-refractivity contribution in [2.45, 2.75) is 40.5 Å². The molecule has 0 N–H and O–H groups in total. The van der Waals surface area contributed by atoms with E-state index in [0.29, 0.717) is 6.42 Å². The van der Waals surface area contributed by atoms with Crippen LogP contribution in [0.1, 0.15) is 40.5 Å². The summed E-state index contributed by atoms with van der Waals surface area (Å²) >= 11 is 0. The molecule has 90 valence electrons. The van der Waals surface area contributed by atoms with Crippen LogP contribution in [0, 0.1) is 0 Å². The van der Waals surface area contributed by atoms with Crippen LogP contribution in [0.2, 0.25) is 0 Å². The van der Waals surface area contributed by atoms with Gasteiger partial charge in [0, 0.05) is 6.42 Å². The van der Waals surface area contributed by atoms with Crippen LogP contribution in [-0.2, 0) is 14.3 Å². The highest BCUT2D eigenvalue weighted by molar-refractivity contribution is 6.34. The van der Waals surface area contributed by atoms with Crippen LogP contribution >= 0.6 is 0 Å². The minimum Gasteiger partial charge on any atom is -0.460 e. The van der Waals surface area contributed by atoms with E-state index in [-0.39, 0.29) is 13.0 Å². The van der Waals surface area contributed by atoms with E-state index >= 15 is 0 Å². The van der Waals surface area contributed by atoms with Crippen LogP contribution < -0.4 is 0 Å². The number of carbonyl (C=O) groups excluding carboxylic acids is 2. The summed E-state index contributed by atoms with van der Waals surface area (Å²) in [5.41, 5.74) is 2.99. The predicted molar refractivity (Wildman–Crippen MR) is 64.1 cm³/mol. The summed E-state index contributed by atoms with van der Waals surface area (Å²) in [4.78, 5) is 22.7. The molecular weight excluding hydrogens is 204 g/mol. The molecular formula is C13H20O3. The van der Waals surface area contributed by atoms with Gasteiger partial charge in [0.25, 0.3) is 0 Å². The van der Waals surface area contributed by atoms with E-state index in [1.165, 1.54) is 0 Å². The summed E-state index contributed by atoms with van der Waals surface area (Å²) < 4.78 is 4.66. The molecule has 3 nitrogen and oxygen atoms in total. The van der Waals surface area contributed by atoms with Crippen LogP contribution in [0.5, 0.6) is 0 Å². The van der Waals surface area contributed by atoms with E-state index in [4.69, 9.17) is 0 Å². The average Bonchev–Trinajstić information content (AvgIpc) is 2.16. The lowest BCUT2D eigenvalue weighted by atomic mass is 9.98. The van der Waals surface area contributed by atoms with Gasteiger partial charge in [-0.3, -0.25) is 4.79 Å². The number of esters is 1. The largest absolute Gasteiger partial charge is 0.460 e. The van der Waals surface area contributed by atoms with Crippen molar-refractivity contribution in [3.05, 3.63) is 23.3 Å². The molecule has 0 saturated carbocycles. The zero-order valence-corrected chi connectivity index (χ0v) is 10.6. The van der Waals surface area contributed by atoms with Gasteiger partial charge in [-0.1, -0.05) is 23.3 Å². The molecule has 0 fully saturated rings. The first-order valence-corrected chi connectivity index (χ1v) is 5.38. The van der Waals surface area contributed by atoms with Crippen molar-refractivity contribution in [2.24, 2.45) is 0 Å². The Kier molecular flexibility index (Phi) is 6.38. The SMILES string of the molecule is C=C(C)CC(CC(=O)C(=O)OCC)=C(C)C. The van der Waals surface area contributed by atoms with Crippen LogP contribution in [-0.4, -0.2) is 18.4 Å². The van der Waals surface area contributed by atoms with Gasteiger partial charge in [0.05, 0.1) is 6.61 Å². The van der Waals surface area contributed by atoms with Gasteiger partial charge in [-0.25, -0.2) is 4.79 Å². The molecule has 0 rings (SSSR count). The van der Waals surface area contributed by atoms with E-state index in [0.717, 1.165) is 16.7 Å². The molecule has 0 heterocycles. The monoisotopic (exact) mass is 224 g/mol. The van der Waals surface area contributed by atoms with Gasteiger partial charge in [-0.05, 0) is 34.1 Å². The van der Waals surface area contributed by atoms with Crippen molar-refractivity contribution in [2.75, 3.05) is 6.61 Å². The predicted octanol–water partition coefficient (Wildman–Crippen LogP) is 2.81. The van der Waals surface area contributed by atoms with Gasteiger partial charge in [-0.2, -0.15) is 0 Å². The Hall–Kier alpha value is -1.38. The Morgan fingerprint density at radius 2 is 1.69 bits per heavy atom. The molecule has 0 unspecified atom stereocenters. The van der Waals surface area contributed by atoms with E-state index in [1.807, 2.05) is 20.8 Å². The van der Waals surface area contributed by atoms with Gasteiger partial charge in [0.15, 0.2) is 0 Å². The van der Waals surface area contributed by atoms with Gasteiger partial charge in [0.1, 0.15) is 0 Å². The minimum atomic E-state index is -0.747. The highest BCUT2D eigenvalue weighted by Crippen LogP contribution is 2.17. The van der Waals surface area contributed by atoms with E-state index in [1.54, 1.807) is 6.92 Å². The maximum Gasteiger partial charge on any atom is 0.374 e. The summed E-state index contributed by atoms with van der Waals surface area (Å²) in [5.74, 6) is -1.23. The van der Waals surface area contributed by atoms with Gasteiger partial charge in [0.2, 0.25) is 5.78 Å². The van der Waals surface area contributed by atoms with Crippen LogP contribution in [0.4, 0.5) is 0 Å². The van der Waals surface area contributed by atoms with Crippen molar-refractivity contribution in [3.63, 3.8) is 0 Å². The molecule has 0 amide bonds. The number of Topliss-reactive ketones (excluding diaryl/α,β-unsaturated/α-hetero) is 1. The molecule has 0 atom stereocenters. The maximum atomic E-state index is 11.5. The topological polar surface area (TPSA) is 43.4 Å². The Labute approximate surface area is 97.2 Å². The normalized spacial score (nSPS) is 9.50. The highest BCUT2D eigenvalue weighted by Gasteiger charge is 2.17. The smallest absolute Gasteiger partial charge is 0.374 e. The number of hydrogen-bond acceptors (Lipinski definition) is 3. The van der Waals surface area contributed by atoms with Crippen molar-refractivity contribution in [1.82, 2.24) is 0 Å². The van der Waals surface area contributed by atoms with Crippen molar-refractivity contribution < 1.29 is 14.3 Å². The van der Waals surface area contributed by atoms with Crippen LogP contribution in [0.25, 0.3) is 0 Å². The number of allylic oxidation sites excluding steroid dienone is 3. The lowest BCUT2D eigenvalue weighted by molar-refractivity contribution is -0.153. The molecule has 0 aromatic heterocycles. The minimum absolute atomic E-state index is 0.133. The van der Waals surface area contributed by atoms with Crippen molar-refractivity contribution >= 4 is 11.8 Å². The zero-order chi connectivity index (χ0) is 12.7. The summed E-state index contributed by atoms with van der Waals surface area (Å²) in [6, 6.07) is 0. The van der Waals surface area contributed by atoms with Crippen LogP contribution in [0.3, 0.4) is 0 Å². The summed E-state index contributed by atoms with van der Waals surface area (Å²) in [6.07, 6.45) is 0.793. The van der Waals surface area contributed by atoms with E-state index in [9.17, 15) is 9.59 Å². The zero-order valence-electron chi connectivity index (χ0n) is 10.6. The number of ether oxygens (including phenoxy) is 1. The molecule has 0 aliphatic rings.